The average molecular weight is 286 g/mol. The van der Waals surface area contributed by atoms with Crippen molar-refractivity contribution in [3.8, 4) is 0 Å². The molecule has 8 heteroatoms. The molecule has 0 saturated heterocycles. The first-order valence-electron chi connectivity index (χ1n) is 6.03. The van der Waals surface area contributed by atoms with Crippen molar-refractivity contribution in [1.29, 1.82) is 0 Å². The Morgan fingerprint density at radius 2 is 2.21 bits per heavy atom. The van der Waals surface area contributed by atoms with E-state index in [9.17, 15) is 8.42 Å². The highest BCUT2D eigenvalue weighted by atomic mass is 32.2. The van der Waals surface area contributed by atoms with E-state index in [1.54, 1.807) is 7.11 Å². The van der Waals surface area contributed by atoms with Crippen LogP contribution in [0.3, 0.4) is 0 Å². The molecule has 0 spiro atoms. The molecule has 0 radical (unpaired) electrons. The summed E-state index contributed by atoms with van der Waals surface area (Å²) in [5, 5.41) is 0. The second-order valence-electron chi connectivity index (χ2n) is 4.51. The highest BCUT2D eigenvalue weighted by molar-refractivity contribution is 7.89. The number of nitrogen functional groups attached to an aromatic ring is 1. The monoisotopic (exact) mass is 286 g/mol. The van der Waals surface area contributed by atoms with E-state index in [4.69, 9.17) is 10.6 Å². The second kappa shape index (κ2) is 5.83. The summed E-state index contributed by atoms with van der Waals surface area (Å²) in [7, 11) is -1.89. The molecule has 2 atom stereocenters. The van der Waals surface area contributed by atoms with Gasteiger partial charge in [0.2, 0.25) is 10.0 Å². The van der Waals surface area contributed by atoms with Crippen LogP contribution < -0.4 is 16.0 Å². The van der Waals surface area contributed by atoms with Gasteiger partial charge in [-0.15, -0.1) is 0 Å². The molecule has 1 aromatic heterocycles. The molecule has 2 rings (SSSR count). The Morgan fingerprint density at radius 3 is 2.74 bits per heavy atom. The maximum Gasteiger partial charge on any atom is 0.242 e. The van der Waals surface area contributed by atoms with Crippen LogP contribution in [0.5, 0.6) is 0 Å². The van der Waals surface area contributed by atoms with E-state index in [0.717, 1.165) is 12.8 Å². The number of hydrogen-bond acceptors (Lipinski definition) is 6. The van der Waals surface area contributed by atoms with E-state index in [1.165, 1.54) is 18.3 Å². The summed E-state index contributed by atoms with van der Waals surface area (Å²) in [4.78, 5) is 4.02. The molecule has 1 fully saturated rings. The number of nitrogens with two attached hydrogens (primary N) is 1. The molecule has 0 bridgehead atoms. The summed E-state index contributed by atoms with van der Waals surface area (Å²) < 4.78 is 32.2. The van der Waals surface area contributed by atoms with Crippen LogP contribution in [-0.2, 0) is 14.8 Å². The zero-order chi connectivity index (χ0) is 13.9. The third kappa shape index (κ3) is 3.41. The summed E-state index contributed by atoms with van der Waals surface area (Å²) in [5.74, 6) is 5.60. The minimum atomic E-state index is -3.54. The lowest BCUT2D eigenvalue weighted by molar-refractivity contribution is 0.107. The van der Waals surface area contributed by atoms with Crippen molar-refractivity contribution in [3.63, 3.8) is 0 Å². The minimum absolute atomic E-state index is 0.0812. The van der Waals surface area contributed by atoms with Crippen molar-refractivity contribution in [3.05, 3.63) is 18.3 Å². The summed E-state index contributed by atoms with van der Waals surface area (Å²) in [6, 6.07) is 2.90. The number of nitrogens with one attached hydrogen (secondary N) is 2. The number of anilines is 1. The lowest BCUT2D eigenvalue weighted by Gasteiger charge is -2.13. The van der Waals surface area contributed by atoms with Crippen molar-refractivity contribution in [2.75, 3.05) is 12.5 Å². The topological polar surface area (TPSA) is 106 Å². The molecule has 2 unspecified atom stereocenters. The van der Waals surface area contributed by atoms with Gasteiger partial charge in [0.25, 0.3) is 0 Å². The minimum Gasteiger partial charge on any atom is -0.381 e. The number of hydrazine groups is 1. The normalized spacial score (nSPS) is 23.5. The third-order valence-corrected chi connectivity index (χ3v) is 4.74. The lowest BCUT2D eigenvalue weighted by Crippen LogP contribution is -2.33. The van der Waals surface area contributed by atoms with Crippen LogP contribution in [0.2, 0.25) is 0 Å². The fourth-order valence-corrected chi connectivity index (χ4v) is 3.40. The van der Waals surface area contributed by atoms with Crippen molar-refractivity contribution in [1.82, 2.24) is 9.71 Å². The number of pyridine rings is 1. The van der Waals surface area contributed by atoms with Crippen LogP contribution in [-0.4, -0.2) is 32.7 Å². The van der Waals surface area contributed by atoms with Gasteiger partial charge >= 0.3 is 0 Å². The number of rotatable bonds is 5. The number of methoxy groups -OCH3 is 1. The second-order valence-corrected chi connectivity index (χ2v) is 6.23. The van der Waals surface area contributed by atoms with Gasteiger partial charge in [-0.25, -0.2) is 24.0 Å². The Kier molecular flexibility index (Phi) is 4.35. The Labute approximate surface area is 112 Å². The van der Waals surface area contributed by atoms with E-state index >= 15 is 0 Å². The molecule has 19 heavy (non-hydrogen) atoms. The highest BCUT2D eigenvalue weighted by Crippen LogP contribution is 2.23. The number of aromatic nitrogens is 1. The van der Waals surface area contributed by atoms with E-state index in [0.29, 0.717) is 12.2 Å². The molecule has 1 saturated carbocycles. The number of nitrogens with zero attached hydrogens (tertiary/aromatic N) is 1. The van der Waals surface area contributed by atoms with Crippen LogP contribution in [0, 0.1) is 0 Å². The molecule has 1 aliphatic carbocycles. The lowest BCUT2D eigenvalue weighted by atomic mass is 10.3. The summed E-state index contributed by atoms with van der Waals surface area (Å²) in [5.41, 5.74) is 2.35. The van der Waals surface area contributed by atoms with Gasteiger partial charge in [-0.05, 0) is 31.4 Å². The quantitative estimate of drug-likeness (QED) is 0.528. The molecule has 1 heterocycles. The van der Waals surface area contributed by atoms with Gasteiger partial charge in [-0.3, -0.25) is 0 Å². The predicted octanol–water partition coefficient (Wildman–Crippen LogP) is 0.213. The van der Waals surface area contributed by atoms with Crippen LogP contribution in [0.25, 0.3) is 0 Å². The Morgan fingerprint density at radius 1 is 1.42 bits per heavy atom. The SMILES string of the molecule is COC1CCC(NS(=O)(=O)c2ccc(NN)nc2)C1. The molecule has 0 aliphatic heterocycles. The van der Waals surface area contributed by atoms with E-state index in [2.05, 4.69) is 15.1 Å². The highest BCUT2D eigenvalue weighted by Gasteiger charge is 2.28. The fourth-order valence-electron chi connectivity index (χ4n) is 2.17. The van der Waals surface area contributed by atoms with Crippen molar-refractivity contribution in [2.24, 2.45) is 5.84 Å². The smallest absolute Gasteiger partial charge is 0.242 e. The van der Waals surface area contributed by atoms with Gasteiger partial charge < -0.3 is 10.2 Å². The maximum absolute atomic E-state index is 12.1. The number of sulfonamides is 1. The van der Waals surface area contributed by atoms with Gasteiger partial charge in [0.05, 0.1) is 6.10 Å². The predicted molar refractivity (Wildman–Crippen MR) is 70.8 cm³/mol. The van der Waals surface area contributed by atoms with E-state index in [1.807, 2.05) is 0 Å². The van der Waals surface area contributed by atoms with Gasteiger partial charge in [-0.1, -0.05) is 0 Å². The third-order valence-electron chi connectivity index (χ3n) is 3.23. The molecular weight excluding hydrogens is 268 g/mol. The molecular formula is C11H18N4O3S. The fraction of sp³-hybridized carbons (Fsp3) is 0.545. The van der Waals surface area contributed by atoms with E-state index < -0.39 is 10.0 Å². The molecule has 106 valence electrons. The van der Waals surface area contributed by atoms with Gasteiger partial charge in [0.15, 0.2) is 0 Å². The van der Waals surface area contributed by atoms with Gasteiger partial charge in [-0.2, -0.15) is 0 Å². The Hall–Kier alpha value is -1.22. The van der Waals surface area contributed by atoms with Crippen molar-refractivity contribution >= 4 is 15.8 Å². The first kappa shape index (κ1) is 14.2. The number of hydrogen-bond donors (Lipinski definition) is 3. The molecule has 4 N–H and O–H groups in total. The molecule has 1 aromatic rings. The van der Waals surface area contributed by atoms with E-state index in [-0.39, 0.29) is 17.0 Å². The molecule has 7 nitrogen and oxygen atoms in total. The van der Waals surface area contributed by atoms with Crippen LogP contribution in [0.15, 0.2) is 23.2 Å². The van der Waals surface area contributed by atoms with Crippen LogP contribution in [0.1, 0.15) is 19.3 Å². The Bertz CT molecular complexity index is 517. The van der Waals surface area contributed by atoms with Gasteiger partial charge in [0.1, 0.15) is 10.7 Å². The standard InChI is InChI=1S/C11H18N4O3S/c1-18-9-3-2-8(6-9)15-19(16,17)10-4-5-11(14-12)13-7-10/h4-5,7-9,15H,2-3,6,12H2,1H3,(H,13,14). The Balaban J connectivity index is 2.05. The first-order valence-corrected chi connectivity index (χ1v) is 7.51. The van der Waals surface area contributed by atoms with Crippen LogP contribution >= 0.6 is 0 Å². The molecule has 1 aliphatic rings. The number of ether oxygens (including phenoxy) is 1. The average Bonchev–Trinajstić information content (AvgIpc) is 2.85. The zero-order valence-corrected chi connectivity index (χ0v) is 11.5. The maximum atomic E-state index is 12.1. The van der Waals surface area contributed by atoms with Gasteiger partial charge in [0, 0.05) is 19.3 Å². The molecule has 0 aromatic carbocycles. The van der Waals surface area contributed by atoms with Crippen molar-refractivity contribution in [2.45, 2.75) is 36.3 Å². The summed E-state index contributed by atoms with van der Waals surface area (Å²) in [6.07, 6.45) is 3.77. The largest absolute Gasteiger partial charge is 0.381 e. The molecule has 0 amide bonds. The first-order chi connectivity index (χ1) is 9.05. The van der Waals surface area contributed by atoms with Crippen molar-refractivity contribution < 1.29 is 13.2 Å². The van der Waals surface area contributed by atoms with Crippen LogP contribution in [0.4, 0.5) is 5.82 Å². The summed E-state index contributed by atoms with van der Waals surface area (Å²) >= 11 is 0. The zero-order valence-electron chi connectivity index (χ0n) is 10.7. The summed E-state index contributed by atoms with van der Waals surface area (Å²) in [6.45, 7) is 0.